The van der Waals surface area contributed by atoms with Gasteiger partial charge in [0.25, 0.3) is 0 Å². The number of ether oxygens (including phenoxy) is 2. The average Bonchev–Trinajstić information content (AvgIpc) is 3.29. The lowest BCUT2D eigenvalue weighted by Gasteiger charge is -2.17. The van der Waals surface area contributed by atoms with E-state index in [1.165, 1.54) is 5.56 Å². The van der Waals surface area contributed by atoms with E-state index in [9.17, 15) is 0 Å². The molecule has 1 unspecified atom stereocenters. The summed E-state index contributed by atoms with van der Waals surface area (Å²) in [6.07, 6.45) is 4.63. The highest BCUT2D eigenvalue weighted by atomic mass is 16.5. The first-order valence-electron chi connectivity index (χ1n) is 10.1. The molecule has 1 aliphatic rings. The van der Waals surface area contributed by atoms with Gasteiger partial charge in [-0.25, -0.2) is 4.68 Å². The van der Waals surface area contributed by atoms with Crippen LogP contribution in [0.4, 0.5) is 0 Å². The lowest BCUT2D eigenvalue weighted by molar-refractivity contribution is 0.0885. The monoisotopic (exact) mass is 392 g/mol. The van der Waals surface area contributed by atoms with Crippen LogP contribution in [0.25, 0.3) is 0 Å². The Morgan fingerprint density at radius 3 is 2.79 bits per heavy atom. The largest absolute Gasteiger partial charge is 0.437 e. The van der Waals surface area contributed by atoms with Gasteiger partial charge in [-0.15, -0.1) is 0 Å². The smallest absolute Gasteiger partial charge is 0.222 e. The zero-order valence-electron chi connectivity index (χ0n) is 17.1. The Labute approximate surface area is 172 Å². The molecule has 1 aliphatic heterocycles. The van der Waals surface area contributed by atoms with Crippen molar-refractivity contribution in [1.82, 2.24) is 19.7 Å². The molecule has 6 nitrogen and oxygen atoms in total. The van der Waals surface area contributed by atoms with Gasteiger partial charge in [0.05, 0.1) is 30.7 Å². The number of rotatable bonds is 8. The molecule has 3 heterocycles. The Morgan fingerprint density at radius 2 is 2.00 bits per heavy atom. The highest BCUT2D eigenvalue weighted by molar-refractivity contribution is 5.34. The van der Waals surface area contributed by atoms with Crippen LogP contribution in [0.1, 0.15) is 23.2 Å². The van der Waals surface area contributed by atoms with Gasteiger partial charge in [-0.05, 0) is 43.5 Å². The van der Waals surface area contributed by atoms with Gasteiger partial charge in [0.1, 0.15) is 5.75 Å². The molecule has 29 heavy (non-hydrogen) atoms. The molecule has 4 rings (SSSR count). The van der Waals surface area contributed by atoms with E-state index >= 15 is 0 Å². The minimum absolute atomic E-state index is 0.568. The molecule has 3 aromatic rings. The zero-order chi connectivity index (χ0) is 20.1. The summed E-state index contributed by atoms with van der Waals surface area (Å²) in [5, 5.41) is 4.57. The van der Waals surface area contributed by atoms with Gasteiger partial charge >= 0.3 is 0 Å². The van der Waals surface area contributed by atoms with Gasteiger partial charge in [-0.2, -0.15) is 5.10 Å². The minimum Gasteiger partial charge on any atom is -0.437 e. The molecule has 2 aromatic heterocycles. The first-order valence-corrected chi connectivity index (χ1v) is 10.1. The second-order valence-electron chi connectivity index (χ2n) is 7.67. The molecule has 0 saturated carbocycles. The van der Waals surface area contributed by atoms with Crippen molar-refractivity contribution >= 4 is 0 Å². The molecule has 0 N–H and O–H groups in total. The number of aromatic nitrogens is 3. The van der Waals surface area contributed by atoms with E-state index < -0.39 is 0 Å². The Bertz CT molecular complexity index is 911. The van der Waals surface area contributed by atoms with Gasteiger partial charge in [-0.3, -0.25) is 9.88 Å². The number of hydrogen-bond donors (Lipinski definition) is 0. The predicted molar refractivity (Wildman–Crippen MR) is 112 cm³/mol. The zero-order valence-corrected chi connectivity index (χ0v) is 17.1. The van der Waals surface area contributed by atoms with Crippen LogP contribution >= 0.6 is 0 Å². The Morgan fingerprint density at radius 1 is 1.14 bits per heavy atom. The van der Waals surface area contributed by atoms with E-state index in [0.717, 1.165) is 55.5 Å². The van der Waals surface area contributed by atoms with Crippen molar-refractivity contribution in [1.29, 1.82) is 0 Å². The van der Waals surface area contributed by atoms with Crippen molar-refractivity contribution in [3.63, 3.8) is 0 Å². The van der Waals surface area contributed by atoms with Crippen molar-refractivity contribution in [3.8, 4) is 11.6 Å². The molecule has 6 heteroatoms. The maximum absolute atomic E-state index is 6.10. The lowest BCUT2D eigenvalue weighted by atomic mass is 10.1. The summed E-state index contributed by atoms with van der Waals surface area (Å²) in [6.45, 7) is 6.47. The fourth-order valence-corrected chi connectivity index (χ4v) is 3.84. The average molecular weight is 393 g/mol. The summed E-state index contributed by atoms with van der Waals surface area (Å²) >= 11 is 0. The first kappa shape index (κ1) is 19.6. The van der Waals surface area contributed by atoms with Crippen LogP contribution in [0.2, 0.25) is 0 Å². The van der Waals surface area contributed by atoms with Gasteiger partial charge in [0, 0.05) is 26.3 Å². The van der Waals surface area contributed by atoms with Crippen LogP contribution < -0.4 is 4.74 Å². The number of likely N-dealkylation sites (tertiary alicyclic amines) is 1. The van der Waals surface area contributed by atoms with Crippen LogP contribution in [-0.2, 0) is 24.9 Å². The molecular formula is C23H28N4O2. The van der Waals surface area contributed by atoms with Crippen LogP contribution in [-0.4, -0.2) is 39.4 Å². The number of nitrogens with zero attached hydrogens (tertiary/aromatic N) is 4. The van der Waals surface area contributed by atoms with E-state index in [1.807, 2.05) is 36.9 Å². The second-order valence-corrected chi connectivity index (χ2v) is 7.67. The molecule has 0 radical (unpaired) electrons. The lowest BCUT2D eigenvalue weighted by Crippen LogP contribution is -2.22. The molecule has 0 spiro atoms. The quantitative estimate of drug-likeness (QED) is 0.581. The van der Waals surface area contributed by atoms with E-state index in [0.29, 0.717) is 12.5 Å². The summed E-state index contributed by atoms with van der Waals surface area (Å²) in [5.41, 5.74) is 3.38. The van der Waals surface area contributed by atoms with Crippen LogP contribution in [0, 0.1) is 12.8 Å². The Hall–Kier alpha value is -2.70. The van der Waals surface area contributed by atoms with Crippen molar-refractivity contribution in [2.75, 3.05) is 19.7 Å². The van der Waals surface area contributed by atoms with Gasteiger partial charge in [0.15, 0.2) is 0 Å². The fraction of sp³-hybridized carbons (Fsp3) is 0.391. The standard InChI is InChI=1S/C23H28N4O2/c1-18-22(23(26(2)25-18)29-21-9-6-11-24-13-21)15-27-12-10-20(14-27)17-28-16-19-7-4-3-5-8-19/h3-9,11,13,20H,10,12,14-17H2,1-2H3. The molecule has 1 saturated heterocycles. The van der Waals surface area contributed by atoms with Gasteiger partial charge in [-0.1, -0.05) is 30.3 Å². The summed E-state index contributed by atoms with van der Waals surface area (Å²) in [7, 11) is 1.92. The Balaban J connectivity index is 1.33. The number of benzene rings is 1. The first-order chi connectivity index (χ1) is 14.2. The molecule has 1 atom stereocenters. The van der Waals surface area contributed by atoms with Crippen LogP contribution in [0.3, 0.4) is 0 Å². The normalized spacial score (nSPS) is 17.0. The molecular weight excluding hydrogens is 364 g/mol. The predicted octanol–water partition coefficient (Wildman–Crippen LogP) is 3.95. The van der Waals surface area contributed by atoms with E-state index in [1.54, 1.807) is 12.4 Å². The van der Waals surface area contributed by atoms with Gasteiger partial charge < -0.3 is 9.47 Å². The highest BCUT2D eigenvalue weighted by Crippen LogP contribution is 2.29. The summed E-state index contributed by atoms with van der Waals surface area (Å²) in [4.78, 5) is 6.60. The summed E-state index contributed by atoms with van der Waals surface area (Å²) in [5.74, 6) is 2.09. The molecule has 152 valence electrons. The molecule has 1 fully saturated rings. The van der Waals surface area contributed by atoms with Crippen molar-refractivity contribution in [2.45, 2.75) is 26.5 Å². The third-order valence-corrected chi connectivity index (χ3v) is 5.35. The van der Waals surface area contributed by atoms with Gasteiger partial charge in [0.2, 0.25) is 5.88 Å². The molecule has 1 aromatic carbocycles. The topological polar surface area (TPSA) is 52.4 Å². The molecule has 0 amide bonds. The third kappa shape index (κ3) is 5.02. The SMILES string of the molecule is Cc1nn(C)c(Oc2cccnc2)c1CN1CCC(COCc2ccccc2)C1. The minimum atomic E-state index is 0.568. The van der Waals surface area contributed by atoms with Crippen LogP contribution in [0.15, 0.2) is 54.9 Å². The van der Waals surface area contributed by atoms with E-state index in [4.69, 9.17) is 9.47 Å². The number of aryl methyl sites for hydroxylation is 2. The molecule has 0 aliphatic carbocycles. The van der Waals surface area contributed by atoms with Crippen molar-refractivity contribution in [2.24, 2.45) is 13.0 Å². The summed E-state index contributed by atoms with van der Waals surface area (Å²) in [6, 6.07) is 14.1. The number of pyridine rings is 1. The second kappa shape index (κ2) is 9.20. The maximum Gasteiger partial charge on any atom is 0.222 e. The number of hydrogen-bond acceptors (Lipinski definition) is 5. The van der Waals surface area contributed by atoms with Crippen molar-refractivity contribution in [3.05, 3.63) is 71.7 Å². The highest BCUT2D eigenvalue weighted by Gasteiger charge is 2.26. The molecule has 0 bridgehead atoms. The van der Waals surface area contributed by atoms with E-state index in [-0.39, 0.29) is 0 Å². The van der Waals surface area contributed by atoms with E-state index in [2.05, 4.69) is 39.2 Å². The fourth-order valence-electron chi connectivity index (χ4n) is 3.84. The van der Waals surface area contributed by atoms with Crippen molar-refractivity contribution < 1.29 is 9.47 Å². The Kier molecular flexibility index (Phi) is 6.22. The van der Waals surface area contributed by atoms with Crippen LogP contribution in [0.5, 0.6) is 11.6 Å². The summed E-state index contributed by atoms with van der Waals surface area (Å²) < 4.78 is 13.9. The maximum atomic E-state index is 6.10. The third-order valence-electron chi connectivity index (χ3n) is 5.35.